The maximum Gasteiger partial charge on any atom is 0.165 e. The first kappa shape index (κ1) is 32.9. The third-order valence-corrected chi connectivity index (χ3v) is 12.4. The van der Waals surface area contributed by atoms with Crippen LogP contribution in [0, 0.1) is 0 Å². The molecule has 0 spiro atoms. The molecular weight excluding hydrogens is 729 g/mol. The van der Waals surface area contributed by atoms with E-state index in [-0.39, 0.29) is 0 Å². The maximum atomic E-state index is 5.50. The molecule has 0 atom stereocenters. The highest BCUT2D eigenvalue weighted by molar-refractivity contribution is 6.30. The standard InChI is InChI=1S/C56H34N4/c1-2-13-35(14-3-1)39-18-12-19-41(31-39)55-56(58-48-23-10-9-22-47(48)57-55)60-49-24-11-8-21-44(49)45-33-46-52(34-51(45)60)59(42-29-27-36-15-4-5-17-40(36)32-42)50-30-28-38-26-25-37-16-6-7-20-43(37)53(38)54(46)50/h1-34H. The van der Waals surface area contributed by atoms with Gasteiger partial charge in [0.15, 0.2) is 5.82 Å². The van der Waals surface area contributed by atoms with E-state index in [1.807, 2.05) is 12.1 Å². The molecule has 0 amide bonds. The molecule has 10 aromatic carbocycles. The summed E-state index contributed by atoms with van der Waals surface area (Å²) >= 11 is 0. The van der Waals surface area contributed by atoms with E-state index in [1.165, 1.54) is 59.4 Å². The third kappa shape index (κ3) is 4.85. The van der Waals surface area contributed by atoms with Gasteiger partial charge in [-0.3, -0.25) is 4.57 Å². The number of fused-ring (bicyclic) bond motifs is 12. The number of rotatable bonds is 4. The van der Waals surface area contributed by atoms with Gasteiger partial charge in [-0.1, -0.05) is 152 Å². The van der Waals surface area contributed by atoms with Crippen molar-refractivity contribution in [2.75, 3.05) is 0 Å². The SMILES string of the molecule is c1ccc(-c2cccc(-c3nc4ccccc4nc3-n3c4ccccc4c4cc5c6c7c(ccc8ccccc87)ccc6n(-c6ccc7ccccc7c6)c5cc43)c2)cc1. The minimum absolute atomic E-state index is 0.800. The summed E-state index contributed by atoms with van der Waals surface area (Å²) in [6.07, 6.45) is 0. The van der Waals surface area contributed by atoms with Gasteiger partial charge in [0.1, 0.15) is 5.69 Å². The van der Waals surface area contributed by atoms with Gasteiger partial charge in [0.25, 0.3) is 0 Å². The van der Waals surface area contributed by atoms with Crippen molar-refractivity contribution >= 4 is 87.0 Å². The van der Waals surface area contributed by atoms with Crippen LogP contribution in [0.15, 0.2) is 206 Å². The molecule has 0 fully saturated rings. The van der Waals surface area contributed by atoms with E-state index in [4.69, 9.17) is 9.97 Å². The Hall–Kier alpha value is -8.08. The molecule has 0 aliphatic rings. The molecule has 0 aliphatic carbocycles. The lowest BCUT2D eigenvalue weighted by Gasteiger charge is -2.15. The number of benzene rings is 10. The number of aromatic nitrogens is 4. The lowest BCUT2D eigenvalue weighted by molar-refractivity contribution is 1.08. The van der Waals surface area contributed by atoms with Crippen molar-refractivity contribution in [2.45, 2.75) is 0 Å². The van der Waals surface area contributed by atoms with Crippen molar-refractivity contribution < 1.29 is 0 Å². The fourth-order valence-electron chi connectivity index (χ4n) is 9.70. The highest BCUT2D eigenvalue weighted by Crippen LogP contribution is 2.44. The maximum absolute atomic E-state index is 5.50. The van der Waals surface area contributed by atoms with Crippen molar-refractivity contribution in [3.63, 3.8) is 0 Å². The molecule has 3 aromatic heterocycles. The van der Waals surface area contributed by atoms with E-state index < -0.39 is 0 Å². The largest absolute Gasteiger partial charge is 0.309 e. The van der Waals surface area contributed by atoms with Crippen molar-refractivity contribution in [1.29, 1.82) is 0 Å². The summed E-state index contributed by atoms with van der Waals surface area (Å²) in [4.78, 5) is 10.9. The zero-order valence-corrected chi connectivity index (χ0v) is 32.4. The van der Waals surface area contributed by atoms with Crippen LogP contribution in [0.5, 0.6) is 0 Å². The second kappa shape index (κ2) is 12.7. The van der Waals surface area contributed by atoms with Crippen LogP contribution in [0.25, 0.3) is 121 Å². The predicted octanol–water partition coefficient (Wildman–Crippen LogP) is 14.6. The number of nitrogens with zero attached hydrogens (tertiary/aromatic N) is 4. The molecule has 0 saturated heterocycles. The lowest BCUT2D eigenvalue weighted by atomic mass is 9.97. The Kier molecular flexibility index (Phi) is 6.98. The van der Waals surface area contributed by atoms with Gasteiger partial charge in [-0.2, -0.15) is 0 Å². The van der Waals surface area contributed by atoms with E-state index >= 15 is 0 Å². The molecule has 3 heterocycles. The van der Waals surface area contributed by atoms with Gasteiger partial charge in [0.2, 0.25) is 0 Å². The highest BCUT2D eigenvalue weighted by Gasteiger charge is 2.23. The quantitative estimate of drug-likeness (QED) is 0.167. The molecule has 4 nitrogen and oxygen atoms in total. The molecule has 0 aliphatic heterocycles. The van der Waals surface area contributed by atoms with Crippen LogP contribution in [-0.4, -0.2) is 19.1 Å². The molecule has 0 N–H and O–H groups in total. The summed E-state index contributed by atoms with van der Waals surface area (Å²) in [5.74, 6) is 0.800. The van der Waals surface area contributed by atoms with Gasteiger partial charge >= 0.3 is 0 Å². The fraction of sp³-hybridized carbons (Fsp3) is 0. The van der Waals surface area contributed by atoms with Gasteiger partial charge in [0.05, 0.1) is 33.1 Å². The Morgan fingerprint density at radius 1 is 0.300 bits per heavy atom. The Bertz CT molecular complexity index is 3890. The lowest BCUT2D eigenvalue weighted by Crippen LogP contribution is -2.04. The monoisotopic (exact) mass is 762 g/mol. The Morgan fingerprint density at radius 2 is 0.950 bits per heavy atom. The second-order valence-corrected chi connectivity index (χ2v) is 15.8. The zero-order valence-electron chi connectivity index (χ0n) is 32.4. The van der Waals surface area contributed by atoms with Crippen LogP contribution in [0.4, 0.5) is 0 Å². The Balaban J connectivity index is 1.18. The summed E-state index contributed by atoms with van der Waals surface area (Å²) in [7, 11) is 0. The van der Waals surface area contributed by atoms with Crippen LogP contribution in [0.3, 0.4) is 0 Å². The first-order valence-electron chi connectivity index (χ1n) is 20.5. The molecular formula is C56H34N4. The Labute approximate surface area is 344 Å². The van der Waals surface area contributed by atoms with Crippen molar-refractivity contribution in [2.24, 2.45) is 0 Å². The first-order chi connectivity index (χ1) is 29.7. The van der Waals surface area contributed by atoms with Crippen LogP contribution in [0.2, 0.25) is 0 Å². The molecule has 0 radical (unpaired) electrons. The molecule has 60 heavy (non-hydrogen) atoms. The molecule has 0 saturated carbocycles. The van der Waals surface area contributed by atoms with Gasteiger partial charge in [-0.25, -0.2) is 9.97 Å². The van der Waals surface area contributed by atoms with Gasteiger partial charge < -0.3 is 4.57 Å². The summed E-state index contributed by atoms with van der Waals surface area (Å²) in [6.45, 7) is 0. The summed E-state index contributed by atoms with van der Waals surface area (Å²) in [6, 6.07) is 74.4. The average Bonchev–Trinajstić information content (AvgIpc) is 3.82. The molecule has 13 rings (SSSR count). The minimum Gasteiger partial charge on any atom is -0.309 e. The topological polar surface area (TPSA) is 35.6 Å². The van der Waals surface area contributed by atoms with Gasteiger partial charge in [-0.05, 0) is 98.0 Å². The number of para-hydroxylation sites is 3. The first-order valence-corrected chi connectivity index (χ1v) is 20.5. The van der Waals surface area contributed by atoms with Crippen LogP contribution >= 0.6 is 0 Å². The summed E-state index contributed by atoms with van der Waals surface area (Å²) in [5, 5.41) is 12.3. The Morgan fingerprint density at radius 3 is 1.83 bits per heavy atom. The molecule has 4 heteroatoms. The second-order valence-electron chi connectivity index (χ2n) is 15.8. The molecule has 278 valence electrons. The van der Waals surface area contributed by atoms with E-state index in [2.05, 4.69) is 203 Å². The zero-order chi connectivity index (χ0) is 39.3. The molecule has 0 bridgehead atoms. The van der Waals surface area contributed by atoms with Crippen LogP contribution < -0.4 is 0 Å². The predicted molar refractivity (Wildman–Crippen MR) is 252 cm³/mol. The normalized spacial score (nSPS) is 12.0. The van der Waals surface area contributed by atoms with Gasteiger partial charge in [0, 0.05) is 32.8 Å². The molecule has 0 unspecified atom stereocenters. The minimum atomic E-state index is 0.800. The smallest absolute Gasteiger partial charge is 0.165 e. The summed E-state index contributed by atoms with van der Waals surface area (Å²) in [5.41, 5.74) is 11.5. The third-order valence-electron chi connectivity index (χ3n) is 12.4. The summed E-state index contributed by atoms with van der Waals surface area (Å²) < 4.78 is 4.82. The fourth-order valence-corrected chi connectivity index (χ4v) is 9.70. The highest BCUT2D eigenvalue weighted by atomic mass is 15.1. The number of hydrogen-bond donors (Lipinski definition) is 0. The van der Waals surface area contributed by atoms with Crippen molar-refractivity contribution in [1.82, 2.24) is 19.1 Å². The number of hydrogen-bond acceptors (Lipinski definition) is 2. The van der Waals surface area contributed by atoms with Crippen LogP contribution in [0.1, 0.15) is 0 Å². The van der Waals surface area contributed by atoms with E-state index in [1.54, 1.807) is 0 Å². The van der Waals surface area contributed by atoms with Crippen LogP contribution in [-0.2, 0) is 0 Å². The van der Waals surface area contributed by atoms with Gasteiger partial charge in [-0.15, -0.1) is 0 Å². The van der Waals surface area contributed by atoms with Crippen molar-refractivity contribution in [3.05, 3.63) is 206 Å². The van der Waals surface area contributed by atoms with E-state index in [0.29, 0.717) is 0 Å². The van der Waals surface area contributed by atoms with Crippen molar-refractivity contribution in [3.8, 4) is 33.9 Å². The van der Waals surface area contributed by atoms with E-state index in [9.17, 15) is 0 Å². The average molecular weight is 763 g/mol. The molecule has 13 aromatic rings. The van der Waals surface area contributed by atoms with E-state index in [0.717, 1.165) is 61.5 Å².